The van der Waals surface area contributed by atoms with E-state index in [1.165, 1.54) is 5.56 Å². The van der Waals surface area contributed by atoms with E-state index in [0.717, 1.165) is 28.8 Å². The smallest absolute Gasteiger partial charge is 0.330 e. The van der Waals surface area contributed by atoms with E-state index in [1.54, 1.807) is 11.3 Å². The first-order valence-electron chi connectivity index (χ1n) is 7.13. The van der Waals surface area contributed by atoms with Crippen molar-refractivity contribution in [3.63, 3.8) is 0 Å². The topological polar surface area (TPSA) is 130 Å². The summed E-state index contributed by atoms with van der Waals surface area (Å²) >= 11 is 1.58. The molecule has 3 rings (SSSR count). The lowest BCUT2D eigenvalue weighted by molar-refractivity contribution is 0.381. The van der Waals surface area contributed by atoms with Crippen molar-refractivity contribution in [1.29, 1.82) is 0 Å². The van der Waals surface area contributed by atoms with E-state index in [-0.39, 0.29) is 0 Å². The van der Waals surface area contributed by atoms with Crippen molar-refractivity contribution in [2.75, 3.05) is 5.32 Å². The van der Waals surface area contributed by atoms with Crippen molar-refractivity contribution in [3.05, 3.63) is 53.3 Å². The van der Waals surface area contributed by atoms with E-state index < -0.39 is 10.4 Å². The summed E-state index contributed by atoms with van der Waals surface area (Å²) in [6.45, 7) is 2.87. The molecule has 0 fully saturated rings. The van der Waals surface area contributed by atoms with Crippen LogP contribution in [0.4, 0.5) is 10.8 Å². The lowest BCUT2D eigenvalue weighted by Gasteiger charge is -1.99. The minimum atomic E-state index is -4.67. The monoisotopic (exact) mass is 383 g/mol. The van der Waals surface area contributed by atoms with Crippen molar-refractivity contribution in [2.24, 2.45) is 0 Å². The predicted molar refractivity (Wildman–Crippen MR) is 94.5 cm³/mol. The van der Waals surface area contributed by atoms with E-state index in [2.05, 4.69) is 20.6 Å². The molecule has 2 heterocycles. The fourth-order valence-corrected chi connectivity index (χ4v) is 2.60. The van der Waals surface area contributed by atoms with Crippen LogP contribution in [0.25, 0.3) is 0 Å². The van der Waals surface area contributed by atoms with Gasteiger partial charge in [-0.1, -0.05) is 29.5 Å². The Morgan fingerprint density at radius 3 is 2.48 bits per heavy atom. The molecule has 0 aliphatic heterocycles. The number of aryl methyl sites for hydroxylation is 3. The molecule has 0 saturated heterocycles. The van der Waals surface area contributed by atoms with Crippen LogP contribution in [0.3, 0.4) is 0 Å². The highest BCUT2D eigenvalue weighted by Gasteiger charge is 2.05. The summed E-state index contributed by atoms with van der Waals surface area (Å²) in [7, 11) is -4.67. The van der Waals surface area contributed by atoms with Gasteiger partial charge in [-0.2, -0.15) is 13.5 Å². The normalized spacial score (nSPS) is 10.8. The zero-order chi connectivity index (χ0) is 18.3. The molecule has 134 valence electrons. The van der Waals surface area contributed by atoms with E-state index in [0.29, 0.717) is 0 Å². The Bertz CT molecular complexity index is 885. The average molecular weight is 383 g/mol. The molecular formula is C14H17N5O4S2. The van der Waals surface area contributed by atoms with Gasteiger partial charge < -0.3 is 5.32 Å². The molecule has 11 heteroatoms. The number of nitrogens with zero attached hydrogens (tertiary/aromatic N) is 4. The highest BCUT2D eigenvalue weighted by molar-refractivity contribution is 7.79. The summed E-state index contributed by atoms with van der Waals surface area (Å²) in [4.78, 5) is 0. The van der Waals surface area contributed by atoms with Crippen LogP contribution in [0.2, 0.25) is 0 Å². The number of hydrogen-bond donors (Lipinski definition) is 3. The van der Waals surface area contributed by atoms with Crippen LogP contribution >= 0.6 is 11.3 Å². The number of anilines is 2. The molecule has 0 atom stereocenters. The summed E-state index contributed by atoms with van der Waals surface area (Å²) in [5.41, 5.74) is 2.20. The van der Waals surface area contributed by atoms with Crippen LogP contribution in [-0.2, 0) is 23.4 Å². The van der Waals surface area contributed by atoms with Gasteiger partial charge in [0, 0.05) is 24.8 Å². The Morgan fingerprint density at radius 1 is 1.20 bits per heavy atom. The number of hydrogen-bond acceptors (Lipinski definition) is 7. The van der Waals surface area contributed by atoms with Gasteiger partial charge in [0.2, 0.25) is 5.13 Å². The third kappa shape index (κ3) is 7.85. The van der Waals surface area contributed by atoms with Crippen molar-refractivity contribution in [1.82, 2.24) is 20.0 Å². The van der Waals surface area contributed by atoms with E-state index in [1.807, 2.05) is 54.3 Å². The number of aromatic nitrogens is 4. The number of benzene rings is 1. The van der Waals surface area contributed by atoms with Gasteiger partial charge in [0.1, 0.15) is 5.01 Å². The van der Waals surface area contributed by atoms with Gasteiger partial charge in [-0.25, -0.2) is 0 Å². The van der Waals surface area contributed by atoms with Crippen LogP contribution in [-0.4, -0.2) is 37.5 Å². The van der Waals surface area contributed by atoms with Gasteiger partial charge in [-0.15, -0.1) is 10.2 Å². The molecule has 0 saturated carbocycles. The fourth-order valence-electron chi connectivity index (χ4n) is 1.85. The molecule has 9 nitrogen and oxygen atoms in total. The standard InChI is InChI=1S/C14H15N5S.H2O4S/c1-11-9-15-19(10-11)8-7-13-17-18-14(20-13)16-12-5-3-2-4-6-12;1-5(2,3)4/h2-6,9-10H,7-8H2,1H3,(H,16,18);(H2,1,2,3,4). The van der Waals surface area contributed by atoms with E-state index in [4.69, 9.17) is 17.5 Å². The molecule has 1 aromatic carbocycles. The zero-order valence-corrected chi connectivity index (χ0v) is 14.9. The molecule has 0 aliphatic carbocycles. The predicted octanol–water partition coefficient (Wildman–Crippen LogP) is 2.38. The summed E-state index contributed by atoms with van der Waals surface area (Å²) in [6, 6.07) is 9.98. The van der Waals surface area contributed by atoms with Gasteiger partial charge >= 0.3 is 10.4 Å². The highest BCUT2D eigenvalue weighted by Crippen LogP contribution is 2.20. The first kappa shape index (κ1) is 19.0. The molecule has 0 unspecified atom stereocenters. The summed E-state index contributed by atoms with van der Waals surface area (Å²) in [5.74, 6) is 0. The zero-order valence-electron chi connectivity index (χ0n) is 13.3. The second-order valence-electron chi connectivity index (χ2n) is 4.97. The van der Waals surface area contributed by atoms with Crippen LogP contribution < -0.4 is 5.32 Å². The number of para-hydroxylation sites is 1. The third-order valence-corrected chi connectivity index (χ3v) is 3.71. The molecular weight excluding hydrogens is 366 g/mol. The molecule has 0 bridgehead atoms. The summed E-state index contributed by atoms with van der Waals surface area (Å²) < 4.78 is 33.5. The minimum Gasteiger partial charge on any atom is -0.330 e. The third-order valence-electron chi connectivity index (χ3n) is 2.81. The first-order chi connectivity index (χ1) is 11.8. The highest BCUT2D eigenvalue weighted by atomic mass is 32.3. The molecule has 0 radical (unpaired) electrons. The van der Waals surface area contributed by atoms with E-state index >= 15 is 0 Å². The van der Waals surface area contributed by atoms with Gasteiger partial charge in [0.15, 0.2) is 0 Å². The first-order valence-corrected chi connectivity index (χ1v) is 9.34. The van der Waals surface area contributed by atoms with Gasteiger partial charge in [-0.05, 0) is 24.6 Å². The van der Waals surface area contributed by atoms with Crippen LogP contribution in [0.5, 0.6) is 0 Å². The van der Waals surface area contributed by atoms with E-state index in [9.17, 15) is 0 Å². The van der Waals surface area contributed by atoms with Crippen molar-refractivity contribution in [3.8, 4) is 0 Å². The largest absolute Gasteiger partial charge is 0.394 e. The Labute approximate surface area is 148 Å². The Balaban J connectivity index is 0.000000399. The lowest BCUT2D eigenvalue weighted by Crippen LogP contribution is -2.01. The minimum absolute atomic E-state index is 0.822. The lowest BCUT2D eigenvalue weighted by atomic mass is 10.3. The van der Waals surface area contributed by atoms with Crippen LogP contribution in [0, 0.1) is 6.92 Å². The quantitative estimate of drug-likeness (QED) is 0.573. The molecule has 0 aliphatic rings. The van der Waals surface area contributed by atoms with Crippen molar-refractivity contribution in [2.45, 2.75) is 19.9 Å². The fraction of sp³-hybridized carbons (Fsp3) is 0.214. The maximum absolute atomic E-state index is 8.74. The second kappa shape index (κ2) is 8.67. The maximum atomic E-state index is 8.74. The summed E-state index contributed by atoms with van der Waals surface area (Å²) in [5, 5.41) is 17.7. The second-order valence-corrected chi connectivity index (χ2v) is 6.93. The van der Waals surface area contributed by atoms with Gasteiger partial charge in [0.05, 0.1) is 6.20 Å². The van der Waals surface area contributed by atoms with Crippen molar-refractivity contribution < 1.29 is 17.5 Å². The SMILES string of the molecule is Cc1cnn(CCc2nnc(Nc3ccccc3)s2)c1.O=S(=O)(O)O. The molecule has 0 spiro atoms. The van der Waals surface area contributed by atoms with Gasteiger partial charge in [0.25, 0.3) is 0 Å². The molecule has 25 heavy (non-hydrogen) atoms. The Morgan fingerprint density at radius 2 is 1.88 bits per heavy atom. The number of rotatable bonds is 5. The molecule has 3 N–H and O–H groups in total. The molecule has 3 aromatic rings. The molecule has 0 amide bonds. The van der Waals surface area contributed by atoms with Crippen LogP contribution in [0.1, 0.15) is 10.6 Å². The Hall–Kier alpha value is -2.34. The molecule has 2 aromatic heterocycles. The average Bonchev–Trinajstić information content (AvgIpc) is 3.13. The number of nitrogens with one attached hydrogen (secondary N) is 1. The maximum Gasteiger partial charge on any atom is 0.394 e. The Kier molecular flexibility index (Phi) is 6.58. The van der Waals surface area contributed by atoms with Crippen LogP contribution in [0.15, 0.2) is 42.7 Å². The summed E-state index contributed by atoms with van der Waals surface area (Å²) in [6.07, 6.45) is 4.74. The van der Waals surface area contributed by atoms with Gasteiger partial charge in [-0.3, -0.25) is 13.8 Å². The van der Waals surface area contributed by atoms with Crippen molar-refractivity contribution >= 4 is 32.6 Å².